The Morgan fingerprint density at radius 3 is 2.76 bits per heavy atom. The molecule has 1 aliphatic carbocycles. The lowest BCUT2D eigenvalue weighted by Gasteiger charge is -2.28. The van der Waals surface area contributed by atoms with E-state index in [-0.39, 0.29) is 36.1 Å². The predicted octanol–water partition coefficient (Wildman–Crippen LogP) is 0.954. The van der Waals surface area contributed by atoms with Crippen LogP contribution in [0.25, 0.3) is 0 Å². The fourth-order valence-corrected chi connectivity index (χ4v) is 3.07. The average molecular weight is 240 g/mol. The molecule has 4 nitrogen and oxygen atoms in total. The molecule has 0 aromatic carbocycles. The van der Waals surface area contributed by atoms with Gasteiger partial charge in [0, 0.05) is 14.0 Å². The Labute approximate surface area is 104 Å². The van der Waals surface area contributed by atoms with E-state index in [4.69, 9.17) is 1.37 Å². The average Bonchev–Trinajstić information content (AvgIpc) is 2.93. The van der Waals surface area contributed by atoms with Crippen molar-refractivity contribution in [3.63, 3.8) is 0 Å². The molecule has 0 aromatic heterocycles. The molecule has 2 aliphatic rings. The minimum absolute atomic E-state index is 0.0112. The molecular weight excluding hydrogens is 216 g/mol. The van der Waals surface area contributed by atoms with E-state index in [1.807, 2.05) is 7.05 Å². The van der Waals surface area contributed by atoms with Crippen LogP contribution in [0.4, 0.5) is 0 Å². The van der Waals surface area contributed by atoms with Crippen molar-refractivity contribution in [1.82, 2.24) is 10.2 Å². The first-order chi connectivity index (χ1) is 8.54. The van der Waals surface area contributed by atoms with Gasteiger partial charge in [-0.05, 0) is 39.6 Å². The van der Waals surface area contributed by atoms with Gasteiger partial charge in [-0.2, -0.15) is 0 Å². The van der Waals surface area contributed by atoms with Gasteiger partial charge in [-0.1, -0.05) is 6.42 Å². The highest BCUT2D eigenvalue weighted by Crippen LogP contribution is 2.30. The first-order valence-electron chi connectivity index (χ1n) is 7.02. The number of nitrogens with one attached hydrogen (secondary N) is 1. The van der Waals surface area contributed by atoms with Crippen LogP contribution in [-0.2, 0) is 9.59 Å². The number of ketones is 1. The maximum Gasteiger partial charge on any atom is 0.227 e. The van der Waals surface area contributed by atoms with E-state index in [0.717, 1.165) is 19.3 Å². The summed E-state index contributed by atoms with van der Waals surface area (Å²) in [5, 5.41) is 3.19. The lowest BCUT2D eigenvalue weighted by atomic mass is 10.0. The van der Waals surface area contributed by atoms with Crippen molar-refractivity contribution in [2.45, 2.75) is 51.1 Å². The Kier molecular flexibility index (Phi) is 3.41. The molecule has 2 fully saturated rings. The van der Waals surface area contributed by atoms with E-state index in [1.165, 1.54) is 6.92 Å². The van der Waals surface area contributed by atoms with Crippen molar-refractivity contribution in [3.8, 4) is 0 Å². The number of rotatable bonds is 3. The van der Waals surface area contributed by atoms with E-state index in [0.29, 0.717) is 13.0 Å². The largest absolute Gasteiger partial charge is 0.332 e. The van der Waals surface area contributed by atoms with Crippen LogP contribution in [0.2, 0.25) is 0 Å². The first kappa shape index (κ1) is 11.2. The fraction of sp³-hybridized carbons (Fsp3) is 0.846. The zero-order valence-electron chi connectivity index (χ0n) is 11.6. The third-order valence-corrected chi connectivity index (χ3v) is 4.05. The highest BCUT2D eigenvalue weighted by atomic mass is 16.2. The van der Waals surface area contributed by atoms with Crippen molar-refractivity contribution >= 4 is 11.7 Å². The number of nitrogens with zero attached hydrogens (tertiary/aromatic N) is 1. The van der Waals surface area contributed by atoms with E-state index in [1.54, 1.807) is 4.90 Å². The van der Waals surface area contributed by atoms with Crippen LogP contribution in [0.3, 0.4) is 0 Å². The predicted molar refractivity (Wildman–Crippen MR) is 65.6 cm³/mol. The summed E-state index contributed by atoms with van der Waals surface area (Å²) in [6.07, 6.45) is 3.17. The van der Waals surface area contributed by atoms with Crippen molar-refractivity contribution in [2.75, 3.05) is 13.6 Å². The summed E-state index contributed by atoms with van der Waals surface area (Å²) in [6, 6.07) is -0.131. The Bertz CT molecular complexity index is 348. The number of carbonyl (C=O) groups excluding carboxylic acids is 2. The SMILES string of the molecule is [3H][C@@H]1C[C@H](C(C)=O)N(C(=O)[C@@H]2CCC[C@@H]2NC)C1. The Morgan fingerprint density at radius 1 is 1.35 bits per heavy atom. The van der Waals surface area contributed by atoms with Gasteiger partial charge in [-0.15, -0.1) is 0 Å². The van der Waals surface area contributed by atoms with E-state index in [2.05, 4.69) is 5.32 Å². The molecule has 96 valence electrons. The molecule has 0 spiro atoms. The van der Waals surface area contributed by atoms with Gasteiger partial charge in [0.1, 0.15) is 0 Å². The lowest BCUT2D eigenvalue weighted by molar-refractivity contribution is -0.140. The number of amides is 1. The second kappa shape index (κ2) is 5.17. The van der Waals surface area contributed by atoms with Crippen LogP contribution in [0.15, 0.2) is 0 Å². The molecule has 0 bridgehead atoms. The minimum Gasteiger partial charge on any atom is -0.332 e. The van der Waals surface area contributed by atoms with E-state index in [9.17, 15) is 9.59 Å². The number of hydrogen-bond donors (Lipinski definition) is 1. The molecule has 4 atom stereocenters. The molecule has 1 saturated carbocycles. The topological polar surface area (TPSA) is 49.4 Å². The molecule has 0 aromatic rings. The molecule has 2 rings (SSSR count). The lowest BCUT2D eigenvalue weighted by Crippen LogP contribution is -2.46. The van der Waals surface area contributed by atoms with Gasteiger partial charge in [0.25, 0.3) is 0 Å². The summed E-state index contributed by atoms with van der Waals surface area (Å²) >= 11 is 0. The van der Waals surface area contributed by atoms with Crippen molar-refractivity contribution in [2.24, 2.45) is 5.92 Å². The molecule has 1 saturated heterocycles. The van der Waals surface area contributed by atoms with Crippen LogP contribution >= 0.6 is 0 Å². The standard InChI is InChI=1S/C13H22N2O2/c1-9(16)12-7-4-8-15(12)13(17)10-5-3-6-11(10)14-2/h10-12,14H,3-8H2,1-2H3/t10-,11+,12-/m1/s1/i4T/t4-,10-,11+,12-. The maximum absolute atomic E-state index is 12.5. The zero-order valence-corrected chi connectivity index (χ0v) is 10.6. The van der Waals surface area contributed by atoms with Gasteiger partial charge in [0.2, 0.25) is 5.91 Å². The van der Waals surface area contributed by atoms with Crippen LogP contribution in [0.1, 0.15) is 40.4 Å². The third-order valence-electron chi connectivity index (χ3n) is 4.05. The van der Waals surface area contributed by atoms with Crippen LogP contribution in [-0.4, -0.2) is 42.3 Å². The number of carbonyl (C=O) groups is 2. The third kappa shape index (κ3) is 2.37. The summed E-state index contributed by atoms with van der Waals surface area (Å²) < 4.78 is 7.78. The van der Waals surface area contributed by atoms with Crippen molar-refractivity contribution in [3.05, 3.63) is 0 Å². The molecule has 4 heteroatoms. The van der Waals surface area contributed by atoms with Gasteiger partial charge in [-0.25, -0.2) is 0 Å². The Hall–Kier alpha value is -0.900. The highest BCUT2D eigenvalue weighted by molar-refractivity contribution is 5.89. The maximum atomic E-state index is 12.5. The van der Waals surface area contributed by atoms with Crippen LogP contribution < -0.4 is 5.32 Å². The second-order valence-corrected chi connectivity index (χ2v) is 5.07. The van der Waals surface area contributed by atoms with Gasteiger partial charge < -0.3 is 10.2 Å². The van der Waals surface area contributed by atoms with Gasteiger partial charge in [0.05, 0.1) is 12.0 Å². The molecule has 1 N–H and O–H groups in total. The monoisotopic (exact) mass is 240 g/mol. The van der Waals surface area contributed by atoms with Crippen molar-refractivity contribution < 1.29 is 11.0 Å². The van der Waals surface area contributed by atoms with E-state index >= 15 is 0 Å². The molecular formula is C13H22N2O2. The number of Topliss-reactive ketones (excluding diaryl/α,β-unsaturated/α-hetero) is 1. The molecule has 1 heterocycles. The highest BCUT2D eigenvalue weighted by Gasteiger charge is 2.39. The Balaban J connectivity index is 2.10. The molecule has 1 aliphatic heterocycles. The molecule has 1 amide bonds. The second-order valence-electron chi connectivity index (χ2n) is 5.07. The molecule has 0 radical (unpaired) electrons. The molecule has 0 unspecified atom stereocenters. The van der Waals surface area contributed by atoms with Gasteiger partial charge in [-0.3, -0.25) is 9.59 Å². The smallest absolute Gasteiger partial charge is 0.227 e. The normalized spacial score (nSPS) is 38.2. The van der Waals surface area contributed by atoms with Crippen molar-refractivity contribution in [1.29, 1.82) is 0 Å². The number of likely N-dealkylation sites (tertiary alicyclic amines) is 1. The van der Waals surface area contributed by atoms with Crippen LogP contribution in [0, 0.1) is 5.92 Å². The quantitative estimate of drug-likeness (QED) is 0.799. The summed E-state index contributed by atoms with van der Waals surface area (Å²) in [7, 11) is 1.88. The van der Waals surface area contributed by atoms with Gasteiger partial charge >= 0.3 is 0 Å². The van der Waals surface area contributed by atoms with Gasteiger partial charge in [0.15, 0.2) is 5.78 Å². The number of hydrogen-bond acceptors (Lipinski definition) is 3. The minimum atomic E-state index is -0.363. The van der Waals surface area contributed by atoms with Crippen LogP contribution in [0.5, 0.6) is 0 Å². The summed E-state index contributed by atoms with van der Waals surface area (Å²) in [6.45, 7) is 1.93. The summed E-state index contributed by atoms with van der Waals surface area (Å²) in [5.41, 5.74) is 0. The summed E-state index contributed by atoms with van der Waals surface area (Å²) in [5.74, 6) is 0.0704. The zero-order chi connectivity index (χ0) is 13.3. The summed E-state index contributed by atoms with van der Waals surface area (Å²) in [4.78, 5) is 25.8. The van der Waals surface area contributed by atoms with E-state index < -0.39 is 0 Å². The Morgan fingerprint density at radius 2 is 2.12 bits per heavy atom. The fourth-order valence-electron chi connectivity index (χ4n) is 3.07. The molecule has 17 heavy (non-hydrogen) atoms. The first-order valence-corrected chi connectivity index (χ1v) is 6.45.